The van der Waals surface area contributed by atoms with E-state index in [1.165, 1.54) is 12.1 Å². The summed E-state index contributed by atoms with van der Waals surface area (Å²) >= 11 is 0. The molecule has 0 fully saturated rings. The van der Waals surface area contributed by atoms with Crippen molar-refractivity contribution in [1.29, 1.82) is 0 Å². The summed E-state index contributed by atoms with van der Waals surface area (Å²) in [6.45, 7) is 7.42. The van der Waals surface area contributed by atoms with Crippen LogP contribution in [-0.4, -0.2) is 32.0 Å². The monoisotopic (exact) mass is 460 g/mol. The number of ether oxygens (including phenoxy) is 2. The summed E-state index contributed by atoms with van der Waals surface area (Å²) in [5.74, 6) is -1.64. The lowest BCUT2D eigenvalue weighted by Gasteiger charge is -2.46. The molecule has 34 heavy (non-hydrogen) atoms. The lowest BCUT2D eigenvalue weighted by atomic mass is 9.66. The van der Waals surface area contributed by atoms with Gasteiger partial charge in [0, 0.05) is 42.0 Å². The maximum Gasteiger partial charge on any atom is 0.212 e. The zero-order chi connectivity index (χ0) is 24.3. The Bertz CT molecular complexity index is 1450. The van der Waals surface area contributed by atoms with E-state index in [2.05, 4.69) is 0 Å². The largest absolute Gasteiger partial charge is 0.508 e. The summed E-state index contributed by atoms with van der Waals surface area (Å²) in [7, 11) is 0. The number of phenols is 4. The molecule has 2 heterocycles. The third-order valence-corrected chi connectivity index (χ3v) is 7.39. The molecule has 2 atom stereocenters. The molecule has 3 aliphatic rings. The average Bonchev–Trinajstić information content (AvgIpc) is 2.70. The van der Waals surface area contributed by atoms with Crippen LogP contribution in [0.25, 0.3) is 0 Å². The standard InChI is InChI=1S/C27H24O7/c1-11-5-13(28)9-18-19(11)25-20-12(10-27(4,33-18)34-25)6-15-22(23(20)31)24(32)21-16(26(15,2)3)7-14(29)8-17(21)30/h5-9,25,28-31H,10H2,1-4H3/t25-,27?/m0/s1. The lowest BCUT2D eigenvalue weighted by Crippen LogP contribution is -2.47. The zero-order valence-electron chi connectivity index (χ0n) is 19.2. The Morgan fingerprint density at radius 2 is 1.56 bits per heavy atom. The minimum atomic E-state index is -1.02. The average molecular weight is 460 g/mol. The number of rotatable bonds is 0. The Morgan fingerprint density at radius 3 is 2.29 bits per heavy atom. The first-order valence-electron chi connectivity index (χ1n) is 11.1. The summed E-state index contributed by atoms with van der Waals surface area (Å²) < 4.78 is 12.5. The molecule has 0 aromatic heterocycles. The lowest BCUT2D eigenvalue weighted by molar-refractivity contribution is -0.216. The van der Waals surface area contributed by atoms with Gasteiger partial charge in [-0.1, -0.05) is 19.9 Å². The van der Waals surface area contributed by atoms with Crippen LogP contribution in [0.15, 0.2) is 30.3 Å². The molecular formula is C27H24O7. The number of benzene rings is 3. The summed E-state index contributed by atoms with van der Waals surface area (Å²) in [4.78, 5) is 13.6. The predicted octanol–water partition coefficient (Wildman–Crippen LogP) is 4.46. The predicted molar refractivity (Wildman–Crippen MR) is 122 cm³/mol. The van der Waals surface area contributed by atoms with E-state index in [0.717, 1.165) is 17.2 Å². The van der Waals surface area contributed by atoms with Crippen LogP contribution >= 0.6 is 0 Å². The second-order valence-electron chi connectivity index (χ2n) is 10.1. The summed E-state index contributed by atoms with van der Waals surface area (Å²) in [5, 5.41) is 42.3. The molecule has 1 unspecified atom stereocenters. The van der Waals surface area contributed by atoms with Crippen molar-refractivity contribution in [3.8, 4) is 28.7 Å². The smallest absolute Gasteiger partial charge is 0.212 e. The minimum Gasteiger partial charge on any atom is -0.508 e. The molecule has 0 saturated heterocycles. The van der Waals surface area contributed by atoms with Gasteiger partial charge in [-0.2, -0.15) is 0 Å². The fourth-order valence-corrected chi connectivity index (χ4v) is 5.87. The van der Waals surface area contributed by atoms with E-state index in [1.807, 2.05) is 33.8 Å². The van der Waals surface area contributed by atoms with Crippen molar-refractivity contribution in [2.45, 2.75) is 51.4 Å². The molecule has 6 rings (SSSR count). The van der Waals surface area contributed by atoms with Crippen LogP contribution in [0, 0.1) is 6.92 Å². The SMILES string of the molecule is Cc1cc(O)cc2c1[C@@H]1OC(C)(Cc3cc4c(c(O)c31)C(=O)c1c(O)cc(O)cc1C4(C)C)O2. The van der Waals surface area contributed by atoms with Gasteiger partial charge in [-0.15, -0.1) is 0 Å². The van der Waals surface area contributed by atoms with Crippen LogP contribution < -0.4 is 4.74 Å². The molecule has 7 heteroatoms. The van der Waals surface area contributed by atoms with Crippen molar-refractivity contribution in [1.82, 2.24) is 0 Å². The number of hydrogen-bond acceptors (Lipinski definition) is 7. The molecule has 0 spiro atoms. The molecule has 7 nitrogen and oxygen atoms in total. The number of hydrogen-bond donors (Lipinski definition) is 4. The van der Waals surface area contributed by atoms with Gasteiger partial charge >= 0.3 is 0 Å². The number of carbonyl (C=O) groups excluding carboxylic acids is 1. The third kappa shape index (κ3) is 2.53. The van der Waals surface area contributed by atoms with Crippen molar-refractivity contribution in [2.24, 2.45) is 0 Å². The van der Waals surface area contributed by atoms with Crippen LogP contribution in [0.2, 0.25) is 0 Å². The van der Waals surface area contributed by atoms with E-state index in [1.54, 1.807) is 6.07 Å². The van der Waals surface area contributed by atoms with Gasteiger partial charge in [0.25, 0.3) is 0 Å². The number of fused-ring (bicyclic) bond motifs is 8. The fraction of sp³-hybridized carbons (Fsp3) is 0.296. The summed E-state index contributed by atoms with van der Waals surface area (Å²) in [5.41, 5.74) is 3.21. The molecule has 0 amide bonds. The van der Waals surface area contributed by atoms with Crippen LogP contribution in [0.3, 0.4) is 0 Å². The highest BCUT2D eigenvalue weighted by Gasteiger charge is 2.49. The molecule has 0 saturated carbocycles. The maximum atomic E-state index is 13.6. The van der Waals surface area contributed by atoms with Crippen LogP contribution in [-0.2, 0) is 16.6 Å². The first-order valence-corrected chi connectivity index (χ1v) is 11.1. The highest BCUT2D eigenvalue weighted by molar-refractivity contribution is 6.16. The first kappa shape index (κ1) is 20.9. The summed E-state index contributed by atoms with van der Waals surface area (Å²) in [6.07, 6.45) is -0.384. The van der Waals surface area contributed by atoms with E-state index < -0.39 is 23.1 Å². The van der Waals surface area contributed by atoms with Gasteiger partial charge in [-0.05, 0) is 41.3 Å². The number of ketones is 1. The Labute approximate surface area is 195 Å². The maximum absolute atomic E-state index is 13.6. The Hall–Kier alpha value is -3.71. The first-order chi connectivity index (χ1) is 15.9. The van der Waals surface area contributed by atoms with E-state index >= 15 is 0 Å². The molecule has 3 aromatic rings. The number of carbonyl (C=O) groups is 1. The van der Waals surface area contributed by atoms with E-state index in [9.17, 15) is 25.2 Å². The Kier molecular flexibility index (Phi) is 3.83. The van der Waals surface area contributed by atoms with Crippen LogP contribution in [0.4, 0.5) is 0 Å². The minimum absolute atomic E-state index is 0.0700. The van der Waals surface area contributed by atoms with Gasteiger partial charge in [-0.25, -0.2) is 0 Å². The third-order valence-electron chi connectivity index (χ3n) is 7.39. The van der Waals surface area contributed by atoms with Gasteiger partial charge in [0.05, 0.1) is 11.1 Å². The number of aryl methyl sites for hydroxylation is 1. The van der Waals surface area contributed by atoms with Crippen LogP contribution in [0.1, 0.15) is 76.2 Å². The molecule has 174 valence electrons. The van der Waals surface area contributed by atoms with Gasteiger partial charge in [0.2, 0.25) is 11.6 Å². The Morgan fingerprint density at radius 1 is 0.882 bits per heavy atom. The van der Waals surface area contributed by atoms with Crippen molar-refractivity contribution in [3.05, 3.63) is 74.8 Å². The van der Waals surface area contributed by atoms with Crippen molar-refractivity contribution in [2.75, 3.05) is 0 Å². The molecule has 0 radical (unpaired) electrons. The number of aromatic hydroxyl groups is 4. The topological polar surface area (TPSA) is 116 Å². The molecule has 1 aliphatic carbocycles. The van der Waals surface area contributed by atoms with Gasteiger partial charge in [0.15, 0.2) is 0 Å². The zero-order valence-corrected chi connectivity index (χ0v) is 19.2. The molecule has 2 aliphatic heterocycles. The van der Waals surface area contributed by atoms with Gasteiger partial charge < -0.3 is 29.9 Å². The molecule has 2 bridgehead atoms. The van der Waals surface area contributed by atoms with Crippen molar-refractivity contribution < 1.29 is 34.7 Å². The molecule has 4 N–H and O–H groups in total. The second-order valence-corrected chi connectivity index (χ2v) is 10.1. The van der Waals surface area contributed by atoms with Crippen LogP contribution in [0.5, 0.6) is 28.7 Å². The van der Waals surface area contributed by atoms with E-state index in [4.69, 9.17) is 9.47 Å². The van der Waals surface area contributed by atoms with E-state index in [0.29, 0.717) is 34.4 Å². The van der Waals surface area contributed by atoms with Gasteiger partial charge in [-0.3, -0.25) is 4.79 Å². The molecular weight excluding hydrogens is 436 g/mol. The highest BCUT2D eigenvalue weighted by Crippen LogP contribution is 2.56. The number of phenolic OH excluding ortho intramolecular Hbond substituents is 4. The summed E-state index contributed by atoms with van der Waals surface area (Å²) in [6, 6.07) is 7.66. The second kappa shape index (κ2) is 6.24. The quantitative estimate of drug-likeness (QED) is 0.391. The molecule has 3 aromatic carbocycles. The fourth-order valence-electron chi connectivity index (χ4n) is 5.87. The van der Waals surface area contributed by atoms with E-state index in [-0.39, 0.29) is 34.1 Å². The van der Waals surface area contributed by atoms with Crippen molar-refractivity contribution >= 4 is 5.78 Å². The Balaban J connectivity index is 1.66. The normalized spacial score (nSPS) is 23.3. The highest BCUT2D eigenvalue weighted by atomic mass is 16.7. The van der Waals surface area contributed by atoms with Gasteiger partial charge in [0.1, 0.15) is 34.9 Å². The van der Waals surface area contributed by atoms with Crippen molar-refractivity contribution in [3.63, 3.8) is 0 Å².